The number of carbonyl (C=O) groups is 1. The van der Waals surface area contributed by atoms with Crippen LogP contribution in [0.4, 0.5) is 0 Å². The van der Waals surface area contributed by atoms with E-state index in [2.05, 4.69) is 22.2 Å². The van der Waals surface area contributed by atoms with E-state index in [-0.39, 0.29) is 12.0 Å². The number of ether oxygens (including phenoxy) is 1. The molecule has 2 heterocycles. The van der Waals surface area contributed by atoms with Crippen molar-refractivity contribution in [2.24, 2.45) is 0 Å². The quantitative estimate of drug-likeness (QED) is 0.687. The van der Waals surface area contributed by atoms with Gasteiger partial charge in [0.2, 0.25) is 5.91 Å². The van der Waals surface area contributed by atoms with Crippen LogP contribution >= 0.6 is 0 Å². The van der Waals surface area contributed by atoms with Gasteiger partial charge >= 0.3 is 0 Å². The lowest BCUT2D eigenvalue weighted by Crippen LogP contribution is -2.51. The van der Waals surface area contributed by atoms with Gasteiger partial charge in [-0.2, -0.15) is 0 Å². The van der Waals surface area contributed by atoms with Crippen LogP contribution in [0.2, 0.25) is 0 Å². The first-order chi connectivity index (χ1) is 9.15. The van der Waals surface area contributed by atoms with Gasteiger partial charge < -0.3 is 19.9 Å². The van der Waals surface area contributed by atoms with Gasteiger partial charge in [-0.05, 0) is 14.1 Å². The van der Waals surface area contributed by atoms with Crippen LogP contribution in [-0.4, -0.2) is 99.8 Å². The second-order valence-corrected chi connectivity index (χ2v) is 5.58. The Bertz CT molecular complexity index is 286. The number of nitrogens with zero attached hydrogens (tertiary/aromatic N) is 3. The fourth-order valence-corrected chi connectivity index (χ4v) is 2.54. The summed E-state index contributed by atoms with van der Waals surface area (Å²) in [5.41, 5.74) is 0. The van der Waals surface area contributed by atoms with Crippen molar-refractivity contribution in [1.29, 1.82) is 0 Å². The first-order valence-corrected chi connectivity index (χ1v) is 7.12. The van der Waals surface area contributed by atoms with Crippen molar-refractivity contribution in [3.8, 4) is 0 Å². The molecule has 0 saturated carbocycles. The maximum absolute atomic E-state index is 12.2. The molecule has 0 aromatic heterocycles. The highest BCUT2D eigenvalue weighted by molar-refractivity contribution is 5.78. The summed E-state index contributed by atoms with van der Waals surface area (Å²) < 4.78 is 5.65. The van der Waals surface area contributed by atoms with Gasteiger partial charge in [0, 0.05) is 45.8 Å². The van der Waals surface area contributed by atoms with Crippen molar-refractivity contribution in [2.45, 2.75) is 6.10 Å². The van der Waals surface area contributed by atoms with Gasteiger partial charge in [-0.3, -0.25) is 9.69 Å². The minimum atomic E-state index is 0.207. The van der Waals surface area contributed by atoms with Crippen LogP contribution in [0.3, 0.4) is 0 Å². The normalized spacial score (nSPS) is 25.8. The molecule has 0 aromatic carbocycles. The summed E-state index contributed by atoms with van der Waals surface area (Å²) in [5, 5.41) is 3.31. The lowest BCUT2D eigenvalue weighted by Gasteiger charge is -2.34. The standard InChI is InChI=1S/C13H26N4O2/c1-15-4-6-17(7-5-15)13(18)11-16(2)10-12-9-14-3-8-19-12/h12,14H,3-11H2,1-2H3. The molecule has 2 fully saturated rings. The molecule has 0 spiro atoms. The third-order valence-electron chi connectivity index (χ3n) is 3.78. The fourth-order valence-electron chi connectivity index (χ4n) is 2.54. The zero-order chi connectivity index (χ0) is 13.7. The third kappa shape index (κ3) is 4.72. The average Bonchev–Trinajstić information content (AvgIpc) is 2.40. The summed E-state index contributed by atoms with van der Waals surface area (Å²) in [6, 6.07) is 0. The van der Waals surface area contributed by atoms with E-state index in [1.807, 2.05) is 11.9 Å². The molecule has 1 N–H and O–H groups in total. The number of piperazine rings is 1. The van der Waals surface area contributed by atoms with Gasteiger partial charge in [-0.1, -0.05) is 0 Å². The Hall–Kier alpha value is -0.690. The van der Waals surface area contributed by atoms with Crippen LogP contribution in [0, 0.1) is 0 Å². The molecule has 0 aromatic rings. The minimum absolute atomic E-state index is 0.207. The van der Waals surface area contributed by atoms with Crippen LogP contribution < -0.4 is 5.32 Å². The predicted molar refractivity (Wildman–Crippen MR) is 74.2 cm³/mol. The highest BCUT2D eigenvalue weighted by atomic mass is 16.5. The van der Waals surface area contributed by atoms with Gasteiger partial charge in [-0.15, -0.1) is 0 Å². The number of morpholine rings is 1. The molecule has 0 aliphatic carbocycles. The highest BCUT2D eigenvalue weighted by Crippen LogP contribution is 2.02. The number of hydrogen-bond donors (Lipinski definition) is 1. The number of nitrogens with one attached hydrogen (secondary N) is 1. The molecule has 1 amide bonds. The lowest BCUT2D eigenvalue weighted by atomic mass is 10.2. The second kappa shape index (κ2) is 7.19. The van der Waals surface area contributed by atoms with E-state index in [4.69, 9.17) is 4.74 Å². The number of rotatable bonds is 4. The van der Waals surface area contributed by atoms with E-state index in [0.29, 0.717) is 6.54 Å². The molecule has 2 saturated heterocycles. The van der Waals surface area contributed by atoms with Crippen LogP contribution in [0.25, 0.3) is 0 Å². The SMILES string of the molecule is CN1CCN(C(=O)CN(C)CC2CNCCO2)CC1. The summed E-state index contributed by atoms with van der Waals surface area (Å²) in [7, 11) is 4.09. The molecule has 2 rings (SSSR count). The van der Waals surface area contributed by atoms with Crippen molar-refractivity contribution in [1.82, 2.24) is 20.0 Å². The summed E-state index contributed by atoms with van der Waals surface area (Å²) in [6.45, 7) is 7.54. The lowest BCUT2D eigenvalue weighted by molar-refractivity contribution is -0.134. The van der Waals surface area contributed by atoms with E-state index in [1.54, 1.807) is 0 Å². The van der Waals surface area contributed by atoms with Crippen molar-refractivity contribution >= 4 is 5.91 Å². The van der Waals surface area contributed by atoms with E-state index in [0.717, 1.165) is 52.4 Å². The smallest absolute Gasteiger partial charge is 0.236 e. The third-order valence-corrected chi connectivity index (χ3v) is 3.78. The largest absolute Gasteiger partial charge is 0.374 e. The summed E-state index contributed by atoms with van der Waals surface area (Å²) in [6.07, 6.45) is 0.207. The minimum Gasteiger partial charge on any atom is -0.374 e. The Morgan fingerprint density at radius 1 is 1.37 bits per heavy atom. The maximum atomic E-state index is 12.2. The number of amides is 1. The fraction of sp³-hybridized carbons (Fsp3) is 0.923. The molecular formula is C13H26N4O2. The van der Waals surface area contributed by atoms with E-state index < -0.39 is 0 Å². The number of hydrogen-bond acceptors (Lipinski definition) is 5. The monoisotopic (exact) mass is 270 g/mol. The summed E-state index contributed by atoms with van der Waals surface area (Å²) >= 11 is 0. The number of likely N-dealkylation sites (N-methyl/N-ethyl adjacent to an activating group) is 2. The summed E-state index contributed by atoms with van der Waals surface area (Å²) in [5.74, 6) is 0.236. The van der Waals surface area contributed by atoms with E-state index >= 15 is 0 Å². The van der Waals surface area contributed by atoms with Gasteiger partial charge in [0.15, 0.2) is 0 Å². The molecule has 0 bridgehead atoms. The van der Waals surface area contributed by atoms with Crippen LogP contribution in [-0.2, 0) is 9.53 Å². The van der Waals surface area contributed by atoms with Crippen LogP contribution in [0.5, 0.6) is 0 Å². The van der Waals surface area contributed by atoms with Gasteiger partial charge in [0.1, 0.15) is 0 Å². The predicted octanol–water partition coefficient (Wildman–Crippen LogP) is -1.32. The molecular weight excluding hydrogens is 244 g/mol. The molecule has 2 aliphatic rings. The zero-order valence-electron chi connectivity index (χ0n) is 12.1. The number of carbonyl (C=O) groups excluding carboxylic acids is 1. The zero-order valence-corrected chi connectivity index (χ0v) is 12.1. The van der Waals surface area contributed by atoms with Crippen LogP contribution in [0.1, 0.15) is 0 Å². The van der Waals surface area contributed by atoms with Crippen LogP contribution in [0.15, 0.2) is 0 Å². The maximum Gasteiger partial charge on any atom is 0.236 e. The molecule has 110 valence electrons. The molecule has 1 atom stereocenters. The Labute approximate surface area is 115 Å². The molecule has 6 heteroatoms. The van der Waals surface area contributed by atoms with E-state index in [9.17, 15) is 4.79 Å². The van der Waals surface area contributed by atoms with Crippen molar-refractivity contribution in [3.05, 3.63) is 0 Å². The first kappa shape index (κ1) is 14.7. The second-order valence-electron chi connectivity index (χ2n) is 5.58. The molecule has 6 nitrogen and oxygen atoms in total. The molecule has 0 radical (unpaired) electrons. The molecule has 19 heavy (non-hydrogen) atoms. The highest BCUT2D eigenvalue weighted by Gasteiger charge is 2.22. The van der Waals surface area contributed by atoms with Crippen molar-refractivity contribution < 1.29 is 9.53 Å². The first-order valence-electron chi connectivity index (χ1n) is 7.12. The Morgan fingerprint density at radius 3 is 2.74 bits per heavy atom. The Balaban J connectivity index is 1.69. The Morgan fingerprint density at radius 2 is 2.11 bits per heavy atom. The summed E-state index contributed by atoms with van der Waals surface area (Å²) in [4.78, 5) is 18.5. The van der Waals surface area contributed by atoms with Crippen molar-refractivity contribution in [3.63, 3.8) is 0 Å². The van der Waals surface area contributed by atoms with Gasteiger partial charge in [0.25, 0.3) is 0 Å². The molecule has 2 aliphatic heterocycles. The van der Waals surface area contributed by atoms with Gasteiger partial charge in [-0.25, -0.2) is 0 Å². The van der Waals surface area contributed by atoms with E-state index in [1.165, 1.54) is 0 Å². The topological polar surface area (TPSA) is 48.0 Å². The average molecular weight is 270 g/mol. The van der Waals surface area contributed by atoms with Gasteiger partial charge in [0.05, 0.1) is 19.3 Å². The molecule has 1 unspecified atom stereocenters. The van der Waals surface area contributed by atoms with Crippen molar-refractivity contribution in [2.75, 3.05) is 73.1 Å². The Kier molecular flexibility index (Phi) is 5.57.